The second-order valence-electron chi connectivity index (χ2n) is 7.05. The molecule has 2 heterocycles. The van der Waals surface area contributed by atoms with E-state index in [1.807, 2.05) is 40.5 Å². The SMILES string of the molecule is CCCN(CCC)C(=O)c1c(CC)c2c(C(=O)OCC)ncn2c2ccccc12. The highest BCUT2D eigenvalue weighted by molar-refractivity contribution is 6.11. The van der Waals surface area contributed by atoms with Crippen LogP contribution >= 0.6 is 0 Å². The minimum Gasteiger partial charge on any atom is -0.461 e. The summed E-state index contributed by atoms with van der Waals surface area (Å²) in [6.07, 6.45) is 4.05. The number of esters is 1. The van der Waals surface area contributed by atoms with Gasteiger partial charge in [0, 0.05) is 18.5 Å². The molecule has 0 N–H and O–H groups in total. The van der Waals surface area contributed by atoms with Gasteiger partial charge >= 0.3 is 5.97 Å². The number of fused-ring (bicyclic) bond motifs is 3. The number of ether oxygens (including phenoxy) is 1. The van der Waals surface area contributed by atoms with Gasteiger partial charge in [-0.3, -0.25) is 9.20 Å². The molecule has 0 saturated carbocycles. The number of rotatable bonds is 8. The van der Waals surface area contributed by atoms with Crippen molar-refractivity contribution in [3.05, 3.63) is 47.4 Å². The number of aromatic nitrogens is 2. The lowest BCUT2D eigenvalue weighted by Crippen LogP contribution is -2.33. The van der Waals surface area contributed by atoms with E-state index in [-0.39, 0.29) is 18.2 Å². The van der Waals surface area contributed by atoms with Crippen molar-refractivity contribution in [3.8, 4) is 0 Å². The lowest BCUT2D eigenvalue weighted by Gasteiger charge is -2.24. The molecule has 0 atom stereocenters. The number of hydrogen-bond donors (Lipinski definition) is 0. The first-order valence-corrected chi connectivity index (χ1v) is 10.5. The van der Waals surface area contributed by atoms with Crippen LogP contribution in [0.5, 0.6) is 0 Å². The van der Waals surface area contributed by atoms with Crippen LogP contribution in [-0.4, -0.2) is 45.9 Å². The van der Waals surface area contributed by atoms with Gasteiger partial charge in [-0.1, -0.05) is 39.0 Å². The fourth-order valence-corrected chi connectivity index (χ4v) is 3.95. The first-order chi connectivity index (χ1) is 14.1. The summed E-state index contributed by atoms with van der Waals surface area (Å²) in [4.78, 5) is 32.5. The van der Waals surface area contributed by atoms with Crippen LogP contribution in [0.4, 0.5) is 0 Å². The van der Waals surface area contributed by atoms with Crippen LogP contribution < -0.4 is 0 Å². The second kappa shape index (κ2) is 9.07. The van der Waals surface area contributed by atoms with Crippen molar-refractivity contribution < 1.29 is 14.3 Å². The maximum atomic E-state index is 13.7. The van der Waals surface area contributed by atoms with Crippen molar-refractivity contribution in [2.24, 2.45) is 0 Å². The Hall–Kier alpha value is -2.89. The van der Waals surface area contributed by atoms with Gasteiger partial charge < -0.3 is 9.64 Å². The minimum absolute atomic E-state index is 0.0141. The number of amides is 1. The van der Waals surface area contributed by atoms with E-state index in [9.17, 15) is 9.59 Å². The lowest BCUT2D eigenvalue weighted by molar-refractivity contribution is 0.0522. The standard InChI is InChI=1S/C23H29N3O3/c1-5-13-25(14-6-2)22(27)19-16(7-3)21-20(23(28)29-8-4)24-15-26(21)18-12-10-9-11-17(18)19/h9-12,15H,5-8,13-14H2,1-4H3. The van der Waals surface area contributed by atoms with Gasteiger partial charge in [-0.15, -0.1) is 0 Å². The van der Waals surface area contributed by atoms with Crippen LogP contribution in [-0.2, 0) is 11.2 Å². The monoisotopic (exact) mass is 395 g/mol. The quantitative estimate of drug-likeness (QED) is 0.527. The minimum atomic E-state index is -0.461. The van der Waals surface area contributed by atoms with Gasteiger partial charge in [0.1, 0.15) is 6.33 Å². The fraction of sp³-hybridized carbons (Fsp3) is 0.435. The third-order valence-electron chi connectivity index (χ3n) is 5.10. The highest BCUT2D eigenvalue weighted by Crippen LogP contribution is 2.31. The highest BCUT2D eigenvalue weighted by atomic mass is 16.5. The van der Waals surface area contributed by atoms with Crippen molar-refractivity contribution in [1.82, 2.24) is 14.3 Å². The number of pyridine rings is 1. The fourth-order valence-electron chi connectivity index (χ4n) is 3.95. The zero-order valence-corrected chi connectivity index (χ0v) is 17.7. The molecule has 1 amide bonds. The van der Waals surface area contributed by atoms with E-state index in [2.05, 4.69) is 18.8 Å². The Balaban J connectivity index is 2.36. The summed E-state index contributed by atoms with van der Waals surface area (Å²) in [6, 6.07) is 7.81. The molecule has 6 nitrogen and oxygen atoms in total. The summed E-state index contributed by atoms with van der Waals surface area (Å²) >= 11 is 0. The van der Waals surface area contributed by atoms with Crippen LogP contribution in [0.3, 0.4) is 0 Å². The number of para-hydroxylation sites is 1. The topological polar surface area (TPSA) is 63.9 Å². The van der Waals surface area contributed by atoms with E-state index < -0.39 is 5.97 Å². The number of nitrogens with zero attached hydrogens (tertiary/aromatic N) is 3. The molecule has 0 aliphatic rings. The van der Waals surface area contributed by atoms with Crippen molar-refractivity contribution in [2.75, 3.05) is 19.7 Å². The van der Waals surface area contributed by atoms with Crippen LogP contribution in [0.1, 0.15) is 66.9 Å². The van der Waals surface area contributed by atoms with E-state index >= 15 is 0 Å². The van der Waals surface area contributed by atoms with Crippen molar-refractivity contribution in [3.63, 3.8) is 0 Å². The molecule has 0 bridgehead atoms. The summed E-state index contributed by atoms with van der Waals surface area (Å²) < 4.78 is 7.12. The number of benzene rings is 1. The molecule has 1 aromatic carbocycles. The molecule has 0 aliphatic carbocycles. The molecule has 2 aromatic heterocycles. The number of imidazole rings is 1. The summed E-state index contributed by atoms with van der Waals surface area (Å²) in [5.41, 5.74) is 3.30. The first kappa shape index (κ1) is 20.8. The number of carbonyl (C=O) groups is 2. The smallest absolute Gasteiger partial charge is 0.359 e. The average Bonchev–Trinajstić information content (AvgIpc) is 3.17. The summed E-state index contributed by atoms with van der Waals surface area (Å²) in [6.45, 7) is 9.63. The molecule has 0 unspecified atom stereocenters. The van der Waals surface area contributed by atoms with Crippen molar-refractivity contribution in [1.29, 1.82) is 0 Å². The summed E-state index contributed by atoms with van der Waals surface area (Å²) in [5.74, 6) is -0.447. The van der Waals surface area contributed by atoms with Crippen LogP contribution in [0.25, 0.3) is 16.4 Å². The highest BCUT2D eigenvalue weighted by Gasteiger charge is 2.27. The van der Waals surface area contributed by atoms with Gasteiger partial charge in [-0.05, 0) is 37.8 Å². The Labute approximate surface area is 171 Å². The van der Waals surface area contributed by atoms with E-state index in [1.165, 1.54) is 0 Å². The average molecular weight is 396 g/mol. The molecule has 3 aromatic rings. The second-order valence-corrected chi connectivity index (χ2v) is 7.05. The normalized spacial score (nSPS) is 11.2. The van der Waals surface area contributed by atoms with Crippen LogP contribution in [0.15, 0.2) is 30.6 Å². The maximum absolute atomic E-state index is 13.7. The molecule has 154 valence electrons. The van der Waals surface area contributed by atoms with E-state index in [4.69, 9.17) is 4.74 Å². The van der Waals surface area contributed by atoms with Crippen molar-refractivity contribution in [2.45, 2.75) is 47.0 Å². The van der Waals surface area contributed by atoms with Gasteiger partial charge in [0.15, 0.2) is 5.69 Å². The summed E-state index contributed by atoms with van der Waals surface area (Å²) in [7, 11) is 0. The third kappa shape index (κ3) is 3.71. The van der Waals surface area contributed by atoms with Gasteiger partial charge in [0.05, 0.1) is 23.2 Å². The molecule has 0 aliphatic heterocycles. The molecule has 0 fully saturated rings. The molecule has 0 saturated heterocycles. The van der Waals surface area contributed by atoms with Gasteiger partial charge in [0.25, 0.3) is 5.91 Å². The van der Waals surface area contributed by atoms with Crippen molar-refractivity contribution >= 4 is 28.3 Å². The first-order valence-electron chi connectivity index (χ1n) is 10.5. The zero-order valence-electron chi connectivity index (χ0n) is 17.7. The molecule has 29 heavy (non-hydrogen) atoms. The Morgan fingerprint density at radius 2 is 1.76 bits per heavy atom. The molecular formula is C23H29N3O3. The van der Waals surface area contributed by atoms with Gasteiger partial charge in [0.2, 0.25) is 0 Å². The van der Waals surface area contributed by atoms with Gasteiger partial charge in [-0.25, -0.2) is 9.78 Å². The zero-order chi connectivity index (χ0) is 21.0. The molecule has 0 radical (unpaired) electrons. The molecule has 0 spiro atoms. The Morgan fingerprint density at radius 3 is 2.38 bits per heavy atom. The Morgan fingerprint density at radius 1 is 1.07 bits per heavy atom. The van der Waals surface area contributed by atoms with Crippen LogP contribution in [0, 0.1) is 0 Å². The predicted octanol–water partition coefficient (Wildman–Crippen LogP) is 4.49. The van der Waals surface area contributed by atoms with E-state index in [0.29, 0.717) is 30.6 Å². The number of carbonyl (C=O) groups excluding carboxylic acids is 2. The van der Waals surface area contributed by atoms with Gasteiger partial charge in [-0.2, -0.15) is 0 Å². The Kier molecular flexibility index (Phi) is 6.52. The Bertz CT molecular complexity index is 1030. The lowest BCUT2D eigenvalue weighted by atomic mass is 9.97. The number of hydrogen-bond acceptors (Lipinski definition) is 4. The predicted molar refractivity (Wildman–Crippen MR) is 115 cm³/mol. The van der Waals surface area contributed by atoms with Crippen LogP contribution in [0.2, 0.25) is 0 Å². The largest absolute Gasteiger partial charge is 0.461 e. The summed E-state index contributed by atoms with van der Waals surface area (Å²) in [5, 5.41) is 0.881. The molecule has 6 heteroatoms. The number of aryl methyl sites for hydroxylation is 1. The van der Waals surface area contributed by atoms with E-state index in [1.54, 1.807) is 13.3 Å². The van der Waals surface area contributed by atoms with E-state index in [0.717, 1.165) is 29.3 Å². The maximum Gasteiger partial charge on any atom is 0.359 e. The molecular weight excluding hydrogens is 366 g/mol. The third-order valence-corrected chi connectivity index (χ3v) is 5.10. The molecule has 3 rings (SSSR count).